The van der Waals surface area contributed by atoms with Crippen molar-refractivity contribution in [2.45, 2.75) is 32.2 Å². The molecule has 0 spiro atoms. The summed E-state index contributed by atoms with van der Waals surface area (Å²) in [5, 5.41) is 22.2. The van der Waals surface area contributed by atoms with E-state index in [1.807, 2.05) is 18.0 Å². The minimum absolute atomic E-state index is 0.176. The molecule has 1 fully saturated rings. The van der Waals surface area contributed by atoms with Gasteiger partial charge < -0.3 is 15.5 Å². The van der Waals surface area contributed by atoms with Gasteiger partial charge in [0.05, 0.1) is 0 Å². The van der Waals surface area contributed by atoms with Gasteiger partial charge >= 0.3 is 0 Å². The van der Waals surface area contributed by atoms with E-state index in [1.165, 1.54) is 11.3 Å². The summed E-state index contributed by atoms with van der Waals surface area (Å²) in [6.07, 6.45) is 1.62. The minimum atomic E-state index is 0.176. The highest BCUT2D eigenvalue weighted by Crippen LogP contribution is 2.17. The Hall–Kier alpha value is -3.14. The number of nitrogens with zero attached hydrogens (tertiary/aromatic N) is 4. The molecule has 142 valence electrons. The van der Waals surface area contributed by atoms with E-state index in [0.29, 0.717) is 11.6 Å². The van der Waals surface area contributed by atoms with Crippen molar-refractivity contribution >= 4 is 17.9 Å². The highest BCUT2D eigenvalue weighted by Gasteiger charge is 2.22. The van der Waals surface area contributed by atoms with Crippen LogP contribution in [-0.4, -0.2) is 42.8 Å². The maximum absolute atomic E-state index is 10.3. The fourth-order valence-electron chi connectivity index (χ4n) is 2.79. The average molecular weight is 366 g/mol. The van der Waals surface area contributed by atoms with Crippen molar-refractivity contribution in [3.8, 4) is 6.07 Å². The van der Waals surface area contributed by atoms with Crippen LogP contribution >= 0.6 is 0 Å². The Morgan fingerprint density at radius 2 is 1.96 bits per heavy atom. The molecular weight excluding hydrogens is 340 g/mol. The third kappa shape index (κ3) is 5.96. The molecule has 27 heavy (non-hydrogen) atoms. The zero-order valence-electron chi connectivity index (χ0n) is 16.0. The second kappa shape index (κ2) is 10.1. The molecule has 2 N–H and O–H groups in total. The highest BCUT2D eigenvalue weighted by molar-refractivity contribution is 5.48. The smallest absolute Gasteiger partial charge is 0.207 e. The molecular formula is C20H26N6O. The van der Waals surface area contributed by atoms with E-state index in [-0.39, 0.29) is 6.04 Å². The molecule has 0 aliphatic carbocycles. The zero-order chi connectivity index (χ0) is 19.6. The van der Waals surface area contributed by atoms with Crippen LogP contribution in [0.15, 0.2) is 36.4 Å². The van der Waals surface area contributed by atoms with Crippen LogP contribution in [-0.2, 0) is 4.79 Å². The lowest BCUT2D eigenvalue weighted by atomic mass is 10.0. The maximum Gasteiger partial charge on any atom is 0.207 e. The van der Waals surface area contributed by atoms with Gasteiger partial charge in [0.15, 0.2) is 11.5 Å². The molecule has 0 saturated carbocycles. The van der Waals surface area contributed by atoms with Gasteiger partial charge in [-0.25, -0.2) is 0 Å². The molecule has 7 heteroatoms. The van der Waals surface area contributed by atoms with E-state index in [2.05, 4.69) is 58.9 Å². The lowest BCUT2D eigenvalue weighted by molar-refractivity contribution is -0.110. The summed E-state index contributed by atoms with van der Waals surface area (Å²) in [7, 11) is 1.93. The highest BCUT2D eigenvalue weighted by atomic mass is 16.1. The summed E-state index contributed by atoms with van der Waals surface area (Å²) in [6.45, 7) is 5.98. The number of amides is 1. The SMILES string of the molecule is CNc1ccc(C(C)C)cc1.N#Cc1ccc(N2CCC(NC=O)C2)nn1. The summed E-state index contributed by atoms with van der Waals surface area (Å²) < 4.78 is 0. The van der Waals surface area contributed by atoms with Crippen LogP contribution in [0.5, 0.6) is 0 Å². The van der Waals surface area contributed by atoms with Gasteiger partial charge in [0.2, 0.25) is 6.41 Å². The molecule has 1 saturated heterocycles. The molecule has 2 aromatic rings. The van der Waals surface area contributed by atoms with Gasteiger partial charge in [-0.3, -0.25) is 4.79 Å². The largest absolute Gasteiger partial charge is 0.388 e. The Balaban J connectivity index is 0.000000208. The Bertz CT molecular complexity index is 752. The van der Waals surface area contributed by atoms with E-state index in [4.69, 9.17) is 5.26 Å². The summed E-state index contributed by atoms with van der Waals surface area (Å²) in [5.41, 5.74) is 2.88. The normalized spacial score (nSPS) is 15.5. The first-order valence-electron chi connectivity index (χ1n) is 9.03. The number of carbonyl (C=O) groups excluding carboxylic acids is 1. The molecule has 1 unspecified atom stereocenters. The molecule has 1 atom stereocenters. The second-order valence-corrected chi connectivity index (χ2v) is 6.63. The Morgan fingerprint density at radius 3 is 2.48 bits per heavy atom. The van der Waals surface area contributed by atoms with Gasteiger partial charge in [-0.15, -0.1) is 10.2 Å². The quantitative estimate of drug-likeness (QED) is 0.790. The van der Waals surface area contributed by atoms with Crippen LogP contribution in [0, 0.1) is 11.3 Å². The fraction of sp³-hybridized carbons (Fsp3) is 0.400. The van der Waals surface area contributed by atoms with Crippen LogP contribution in [0.4, 0.5) is 11.5 Å². The molecule has 7 nitrogen and oxygen atoms in total. The third-order valence-corrected chi connectivity index (χ3v) is 4.45. The molecule has 1 aromatic carbocycles. The van der Waals surface area contributed by atoms with Crippen LogP contribution < -0.4 is 15.5 Å². The first-order valence-corrected chi connectivity index (χ1v) is 9.03. The lowest BCUT2D eigenvalue weighted by Crippen LogP contribution is -2.31. The maximum atomic E-state index is 10.3. The van der Waals surface area contributed by atoms with E-state index in [0.717, 1.165) is 31.7 Å². The molecule has 0 radical (unpaired) electrons. The number of carbonyl (C=O) groups is 1. The van der Waals surface area contributed by atoms with Crippen LogP contribution in [0.25, 0.3) is 0 Å². The number of anilines is 2. The van der Waals surface area contributed by atoms with Gasteiger partial charge in [0.1, 0.15) is 6.07 Å². The third-order valence-electron chi connectivity index (χ3n) is 4.45. The van der Waals surface area contributed by atoms with Gasteiger partial charge in [-0.05, 0) is 42.2 Å². The second-order valence-electron chi connectivity index (χ2n) is 6.63. The van der Waals surface area contributed by atoms with Gasteiger partial charge in [0.25, 0.3) is 0 Å². The van der Waals surface area contributed by atoms with Crippen molar-refractivity contribution in [1.29, 1.82) is 5.26 Å². The van der Waals surface area contributed by atoms with Crippen LogP contribution in [0.3, 0.4) is 0 Å². The summed E-state index contributed by atoms with van der Waals surface area (Å²) in [5.74, 6) is 1.37. The number of rotatable bonds is 5. The average Bonchev–Trinajstić information content (AvgIpc) is 3.17. The van der Waals surface area contributed by atoms with Gasteiger partial charge in [-0.1, -0.05) is 26.0 Å². The summed E-state index contributed by atoms with van der Waals surface area (Å²) in [6, 6.07) is 14.1. The van der Waals surface area contributed by atoms with Crippen molar-refractivity contribution in [1.82, 2.24) is 15.5 Å². The van der Waals surface area contributed by atoms with Crippen LogP contribution in [0.2, 0.25) is 0 Å². The van der Waals surface area contributed by atoms with E-state index in [1.54, 1.807) is 12.1 Å². The number of aromatic nitrogens is 2. The molecule has 1 amide bonds. The first-order chi connectivity index (χ1) is 13.1. The van der Waals surface area contributed by atoms with Crippen molar-refractivity contribution < 1.29 is 4.79 Å². The van der Waals surface area contributed by atoms with Crippen molar-refractivity contribution in [2.24, 2.45) is 0 Å². The molecule has 1 aliphatic rings. The number of benzene rings is 1. The minimum Gasteiger partial charge on any atom is -0.388 e. The monoisotopic (exact) mass is 366 g/mol. The molecule has 2 heterocycles. The predicted octanol–water partition coefficient (Wildman–Crippen LogP) is 2.52. The Morgan fingerprint density at radius 1 is 1.22 bits per heavy atom. The standard InChI is InChI=1S/C10H11N5O.C10H15N/c11-5-8-1-2-10(14-13-8)15-4-3-9(6-15)12-7-16;1-8(2)9-4-6-10(11-3)7-5-9/h1-2,7,9H,3-4,6H2,(H,12,16);4-8,11H,1-3H3. The summed E-state index contributed by atoms with van der Waals surface area (Å²) in [4.78, 5) is 12.3. The van der Waals surface area contributed by atoms with Crippen molar-refractivity contribution in [2.75, 3.05) is 30.4 Å². The Kier molecular flexibility index (Phi) is 7.56. The topological polar surface area (TPSA) is 93.9 Å². The number of nitrogens with one attached hydrogen (secondary N) is 2. The first kappa shape index (κ1) is 20.2. The number of nitriles is 1. The lowest BCUT2D eigenvalue weighted by Gasteiger charge is -2.16. The van der Waals surface area contributed by atoms with Crippen molar-refractivity contribution in [3.63, 3.8) is 0 Å². The zero-order valence-corrected chi connectivity index (χ0v) is 16.0. The molecule has 0 bridgehead atoms. The number of hydrogen-bond acceptors (Lipinski definition) is 6. The van der Waals surface area contributed by atoms with E-state index < -0.39 is 0 Å². The fourth-order valence-corrected chi connectivity index (χ4v) is 2.79. The van der Waals surface area contributed by atoms with Gasteiger partial charge in [-0.2, -0.15) is 5.26 Å². The Labute approximate surface area is 160 Å². The van der Waals surface area contributed by atoms with E-state index in [9.17, 15) is 4.79 Å². The van der Waals surface area contributed by atoms with Crippen LogP contribution in [0.1, 0.15) is 37.4 Å². The molecule has 3 rings (SSSR count). The molecule has 1 aliphatic heterocycles. The van der Waals surface area contributed by atoms with Crippen molar-refractivity contribution in [3.05, 3.63) is 47.7 Å². The number of hydrogen-bond donors (Lipinski definition) is 2. The predicted molar refractivity (Wildman–Crippen MR) is 107 cm³/mol. The van der Waals surface area contributed by atoms with E-state index >= 15 is 0 Å². The van der Waals surface area contributed by atoms with Gasteiger partial charge in [0, 0.05) is 31.9 Å². The summed E-state index contributed by atoms with van der Waals surface area (Å²) >= 11 is 0. The molecule has 1 aromatic heterocycles.